The van der Waals surface area contributed by atoms with Crippen LogP contribution in [0.5, 0.6) is 0 Å². The van der Waals surface area contributed by atoms with Gasteiger partial charge in [-0.25, -0.2) is 59.8 Å². The molecular weight excluding hydrogens is 1300 g/mol. The van der Waals surface area contributed by atoms with Crippen molar-refractivity contribution in [3.05, 3.63) is 160 Å². The Kier molecular flexibility index (Phi) is 55.4. The first-order valence-corrected chi connectivity index (χ1v) is 38.9. The zero-order valence-corrected chi connectivity index (χ0v) is 76.1. The molecule has 18 nitrogen and oxygen atoms in total. The van der Waals surface area contributed by atoms with Gasteiger partial charge in [0.2, 0.25) is 0 Å². The number of hydrogen-bond donors (Lipinski definition) is 3. The Labute approximate surface area is 643 Å². The van der Waals surface area contributed by atoms with Crippen LogP contribution in [0.25, 0.3) is 33.5 Å². The van der Waals surface area contributed by atoms with E-state index in [0.29, 0.717) is 0 Å². The average molecular weight is 1450 g/mol. The largest absolute Gasteiger partial charge is 0.339 e. The molecule has 0 saturated heterocycles. The van der Waals surface area contributed by atoms with E-state index in [0.717, 1.165) is 109 Å². The zero-order valence-electron chi connectivity index (χ0n) is 76.1. The van der Waals surface area contributed by atoms with Crippen molar-refractivity contribution in [1.82, 2.24) is 89.7 Å². The van der Waals surface area contributed by atoms with Crippen LogP contribution in [0.3, 0.4) is 0 Å². The highest BCUT2D eigenvalue weighted by molar-refractivity contribution is 5.75. The number of H-pyrrole nitrogens is 3. The molecule has 0 aliphatic rings. The third-order valence-electron chi connectivity index (χ3n) is 13.0. The third-order valence-corrected chi connectivity index (χ3v) is 13.0. The highest BCUT2D eigenvalue weighted by Gasteiger charge is 2.24. The number of hydrogen-bond acceptors (Lipinski definition) is 15. The zero-order chi connectivity index (χ0) is 83.8. The summed E-state index contributed by atoms with van der Waals surface area (Å²) in [5.41, 5.74) is 12.6. The first-order valence-electron chi connectivity index (χ1n) is 38.9. The predicted octanol–water partition coefficient (Wildman–Crippen LogP) is 25.0. The number of pyridine rings is 3. The topological polar surface area (TPSA) is 241 Å². The molecule has 0 atom stereocenters. The molecule has 10 heterocycles. The Morgan fingerprint density at radius 2 is 0.657 bits per heavy atom. The van der Waals surface area contributed by atoms with Crippen LogP contribution < -0.4 is 0 Å². The maximum absolute atomic E-state index is 4.50. The molecule has 0 bridgehead atoms. The predicted molar refractivity (Wildman–Crippen MR) is 459 cm³/mol. The molecule has 10 aromatic heterocycles. The fourth-order valence-electron chi connectivity index (χ4n) is 8.10. The molecule has 0 aliphatic carbocycles. The van der Waals surface area contributed by atoms with E-state index in [2.05, 4.69) is 259 Å². The van der Waals surface area contributed by atoms with Crippen molar-refractivity contribution in [2.45, 2.75) is 363 Å². The number of aromatic amines is 3. The van der Waals surface area contributed by atoms with E-state index in [1.54, 1.807) is 6.20 Å². The van der Waals surface area contributed by atoms with E-state index in [9.17, 15) is 0 Å². The number of aromatic nitrogens is 18. The standard InChI is InChI=1S/3C11H16N4.C9H15N3.3C9H13N.9C2H6/c1-6-12-8-9(11(3,4)5)13-7(2)15-10(8)14-6;1-6-8-9(14-7(2)13-8)15-10(12-6)11(3,4)5;1-6-8-9(13-7(2)12-6)15-10(14-8)11(3,4)5;1-6-10-7(2)12-8(11-6)9(3,4)5;1-9(2,3)8-4-6-10-7-5-8;1-9(2,3)8-5-4-6-10-7-8;1-9(2,3)8-6-4-5-7-10-8;9*1-2/h3*1-5H3,(H,12,13,14,15);1-5H3;3*4-7H,1-3H3;9*1-2H3. The first-order chi connectivity index (χ1) is 48.8. The molecule has 10 rings (SSSR count). The van der Waals surface area contributed by atoms with E-state index in [-0.39, 0.29) is 37.9 Å². The van der Waals surface area contributed by atoms with Crippen LogP contribution in [0.2, 0.25) is 0 Å². The van der Waals surface area contributed by atoms with Crippen LogP contribution >= 0.6 is 0 Å². The van der Waals surface area contributed by atoms with Crippen LogP contribution in [-0.4, -0.2) is 89.7 Å². The lowest BCUT2D eigenvalue weighted by atomic mass is 9.88. The maximum Gasteiger partial charge on any atom is 0.181 e. The molecule has 594 valence electrons. The minimum atomic E-state index is -0.0359. The van der Waals surface area contributed by atoms with Crippen molar-refractivity contribution in [3.8, 4) is 0 Å². The highest BCUT2D eigenvalue weighted by Crippen LogP contribution is 2.28. The lowest BCUT2D eigenvalue weighted by Gasteiger charge is -2.18. The monoisotopic (exact) mass is 1450 g/mol. The number of aryl methyl sites for hydroxylation is 8. The van der Waals surface area contributed by atoms with Gasteiger partial charge in [0.15, 0.2) is 16.9 Å². The average Bonchev–Trinajstić information content (AvgIpc) is 1.69. The van der Waals surface area contributed by atoms with Gasteiger partial charge >= 0.3 is 0 Å². The van der Waals surface area contributed by atoms with Crippen molar-refractivity contribution in [3.63, 3.8) is 0 Å². The van der Waals surface area contributed by atoms with Gasteiger partial charge in [0.05, 0.1) is 17.1 Å². The molecule has 0 saturated carbocycles. The van der Waals surface area contributed by atoms with Crippen LogP contribution in [0, 0.1) is 55.4 Å². The Bertz CT molecular complexity index is 3620. The van der Waals surface area contributed by atoms with Gasteiger partial charge in [0.25, 0.3) is 0 Å². The summed E-state index contributed by atoms with van der Waals surface area (Å²) >= 11 is 0. The SMILES string of the molecule is CC.CC.CC.CC.CC.CC.CC.CC.CC.CC(C)(C)c1ccccn1.CC(C)(C)c1cccnc1.CC(C)(C)c1ccncc1.Cc1nc(C(C)(C)C)c2[nH]c(C)nc2n1.Cc1nc(C)c2[nH]c(C(C)(C)C)nc2n1.Cc1nc(C)nc(C(C)(C)C)n1.Cc1nc2nc(C(C)(C)C)nc(C)c2[nH]1. The Balaban J connectivity index is -0.000000264. The van der Waals surface area contributed by atoms with Gasteiger partial charge in [0, 0.05) is 63.8 Å². The van der Waals surface area contributed by atoms with Gasteiger partial charge in [-0.05, 0) is 108 Å². The summed E-state index contributed by atoms with van der Waals surface area (Å²) in [6.45, 7) is 96.4. The second-order valence-electron chi connectivity index (χ2n) is 29.1. The highest BCUT2D eigenvalue weighted by atomic mass is 15.1. The number of nitrogens with one attached hydrogen (secondary N) is 3. The fourth-order valence-corrected chi connectivity index (χ4v) is 8.10. The smallest absolute Gasteiger partial charge is 0.181 e. The summed E-state index contributed by atoms with van der Waals surface area (Å²) in [6, 6.07) is 14.2. The fraction of sp³-hybridized carbons (Fsp3) is 0.621. The maximum atomic E-state index is 4.50. The summed E-state index contributed by atoms with van der Waals surface area (Å²) < 4.78 is 0. The minimum absolute atomic E-state index is 0.00488. The molecule has 0 fully saturated rings. The van der Waals surface area contributed by atoms with Crippen LogP contribution in [-0.2, 0) is 37.9 Å². The van der Waals surface area contributed by atoms with Gasteiger partial charge in [-0.1, -0.05) is 282 Å². The molecule has 10 aromatic rings. The third kappa shape index (κ3) is 42.1. The lowest BCUT2D eigenvalue weighted by molar-refractivity contribution is 0.534. The second kappa shape index (κ2) is 53.8. The quantitative estimate of drug-likeness (QED) is 0.128. The number of fused-ring (bicyclic) bond motifs is 3. The molecule has 0 radical (unpaired) electrons. The first kappa shape index (κ1) is 108. The molecule has 105 heavy (non-hydrogen) atoms. The molecule has 18 heteroatoms. The van der Waals surface area contributed by atoms with Gasteiger partial charge < -0.3 is 15.0 Å². The Morgan fingerprint density at radius 1 is 0.267 bits per heavy atom. The van der Waals surface area contributed by atoms with E-state index >= 15 is 0 Å². The van der Waals surface area contributed by atoms with Gasteiger partial charge in [-0.15, -0.1) is 0 Å². The van der Waals surface area contributed by atoms with E-state index < -0.39 is 0 Å². The molecule has 0 aliphatic heterocycles. The Morgan fingerprint density at radius 3 is 1.01 bits per heavy atom. The van der Waals surface area contributed by atoms with Crippen LogP contribution in [0.4, 0.5) is 0 Å². The van der Waals surface area contributed by atoms with Gasteiger partial charge in [-0.2, -0.15) is 0 Å². The number of imidazole rings is 3. The van der Waals surface area contributed by atoms with E-state index in [1.807, 2.05) is 223 Å². The lowest BCUT2D eigenvalue weighted by Crippen LogP contribution is -2.18. The van der Waals surface area contributed by atoms with E-state index in [4.69, 9.17) is 0 Å². The van der Waals surface area contributed by atoms with Crippen LogP contribution in [0.1, 0.15) is 356 Å². The molecule has 0 spiro atoms. The molecule has 0 amide bonds. The Hall–Kier alpha value is -7.89. The van der Waals surface area contributed by atoms with Crippen molar-refractivity contribution in [1.29, 1.82) is 0 Å². The summed E-state index contributed by atoms with van der Waals surface area (Å²) in [6.07, 6.45) is 9.22. The number of rotatable bonds is 0. The second-order valence-corrected chi connectivity index (χ2v) is 29.1. The molecule has 0 unspecified atom stereocenters. The van der Waals surface area contributed by atoms with Crippen molar-refractivity contribution >= 4 is 33.5 Å². The summed E-state index contributed by atoms with van der Waals surface area (Å²) in [5.74, 6) is 7.58. The van der Waals surface area contributed by atoms with Crippen molar-refractivity contribution in [2.24, 2.45) is 0 Å². The molecule has 0 aromatic carbocycles. The van der Waals surface area contributed by atoms with Crippen molar-refractivity contribution in [2.75, 3.05) is 0 Å². The summed E-state index contributed by atoms with van der Waals surface area (Å²) in [5, 5.41) is 0. The minimum Gasteiger partial charge on any atom is -0.339 e. The normalized spacial score (nSPS) is 10.4. The summed E-state index contributed by atoms with van der Waals surface area (Å²) in [7, 11) is 0. The van der Waals surface area contributed by atoms with Gasteiger partial charge in [0.1, 0.15) is 69.0 Å². The molecule has 3 N–H and O–H groups in total. The van der Waals surface area contributed by atoms with Crippen molar-refractivity contribution < 1.29 is 0 Å². The van der Waals surface area contributed by atoms with Crippen LogP contribution in [0.15, 0.2) is 73.4 Å². The van der Waals surface area contributed by atoms with Gasteiger partial charge in [-0.3, -0.25) is 15.0 Å². The summed E-state index contributed by atoms with van der Waals surface area (Å²) in [4.78, 5) is 74.3. The number of nitrogens with zero attached hydrogens (tertiary/aromatic N) is 15. The molecular formula is C87H156N18. The van der Waals surface area contributed by atoms with E-state index in [1.165, 1.54) is 11.1 Å².